The minimum Gasteiger partial charge on any atom is -0.370 e. The van der Waals surface area contributed by atoms with E-state index in [1.807, 2.05) is 19.1 Å². The van der Waals surface area contributed by atoms with Gasteiger partial charge in [-0.2, -0.15) is 0 Å². The molecule has 0 saturated heterocycles. The highest BCUT2D eigenvalue weighted by Gasteiger charge is 2.11. The lowest BCUT2D eigenvalue weighted by atomic mass is 10.2. The highest BCUT2D eigenvalue weighted by Crippen LogP contribution is 2.12. The lowest BCUT2D eigenvalue weighted by Crippen LogP contribution is -2.23. The first-order valence-corrected chi connectivity index (χ1v) is 5.49. The van der Waals surface area contributed by atoms with E-state index in [-0.39, 0.29) is 5.91 Å². The van der Waals surface area contributed by atoms with Crippen LogP contribution >= 0.6 is 0 Å². The molecule has 1 heterocycles. The Morgan fingerprint density at radius 2 is 2.12 bits per heavy atom. The molecular formula is C12H19N3O. The van der Waals surface area contributed by atoms with Crippen LogP contribution in [0.2, 0.25) is 0 Å². The third-order valence-corrected chi connectivity index (χ3v) is 2.28. The van der Waals surface area contributed by atoms with E-state index in [4.69, 9.17) is 0 Å². The fourth-order valence-corrected chi connectivity index (χ4v) is 1.38. The van der Waals surface area contributed by atoms with Crippen LogP contribution in [0.5, 0.6) is 0 Å². The molecule has 0 spiro atoms. The first-order valence-electron chi connectivity index (χ1n) is 5.49. The molecule has 88 valence electrons. The molecule has 1 N–H and O–H groups in total. The number of nitrogens with one attached hydrogen (secondary N) is 1. The molecule has 0 fully saturated rings. The molecule has 1 aromatic rings. The van der Waals surface area contributed by atoms with E-state index in [0.717, 1.165) is 24.5 Å². The fraction of sp³-hybridized carbons (Fsp3) is 0.500. The number of carbonyl (C=O) groups excluding carboxylic acids is 1. The van der Waals surface area contributed by atoms with E-state index in [1.54, 1.807) is 19.0 Å². The van der Waals surface area contributed by atoms with E-state index in [9.17, 15) is 4.79 Å². The van der Waals surface area contributed by atoms with Gasteiger partial charge in [-0.25, -0.2) is 4.98 Å². The van der Waals surface area contributed by atoms with Crippen LogP contribution in [0.3, 0.4) is 0 Å². The second-order valence-corrected chi connectivity index (χ2v) is 3.96. The van der Waals surface area contributed by atoms with Crippen molar-refractivity contribution in [3.63, 3.8) is 0 Å². The van der Waals surface area contributed by atoms with Crippen molar-refractivity contribution in [1.82, 2.24) is 9.88 Å². The maximum atomic E-state index is 11.8. The Morgan fingerprint density at radius 3 is 2.62 bits per heavy atom. The van der Waals surface area contributed by atoms with Gasteiger partial charge in [0.25, 0.3) is 5.91 Å². The number of aryl methyl sites for hydroxylation is 1. The molecule has 16 heavy (non-hydrogen) atoms. The van der Waals surface area contributed by atoms with E-state index >= 15 is 0 Å². The summed E-state index contributed by atoms with van der Waals surface area (Å²) < 4.78 is 0. The Kier molecular flexibility index (Phi) is 4.28. The standard InChI is InChI=1S/C12H19N3O/c1-5-8-13-11-7-6-10(9(2)14-11)12(16)15(3)4/h6-7H,5,8H2,1-4H3,(H,13,14). The third-order valence-electron chi connectivity index (χ3n) is 2.28. The zero-order valence-electron chi connectivity index (χ0n) is 10.4. The van der Waals surface area contributed by atoms with Gasteiger partial charge in [0, 0.05) is 20.6 Å². The Hall–Kier alpha value is -1.58. The van der Waals surface area contributed by atoms with Crippen LogP contribution in [0.15, 0.2) is 12.1 Å². The molecule has 0 bridgehead atoms. The monoisotopic (exact) mass is 221 g/mol. The van der Waals surface area contributed by atoms with Gasteiger partial charge in [0.05, 0.1) is 11.3 Å². The summed E-state index contributed by atoms with van der Waals surface area (Å²) in [6.07, 6.45) is 1.05. The summed E-state index contributed by atoms with van der Waals surface area (Å²) in [5, 5.41) is 3.19. The summed E-state index contributed by atoms with van der Waals surface area (Å²) >= 11 is 0. The molecular weight excluding hydrogens is 202 g/mol. The van der Waals surface area contributed by atoms with E-state index in [1.165, 1.54) is 0 Å². The van der Waals surface area contributed by atoms with Crippen LogP contribution in [0.25, 0.3) is 0 Å². The van der Waals surface area contributed by atoms with Gasteiger partial charge < -0.3 is 10.2 Å². The van der Waals surface area contributed by atoms with Crippen LogP contribution in [-0.4, -0.2) is 36.4 Å². The predicted molar refractivity (Wildman–Crippen MR) is 65.8 cm³/mol. The molecule has 1 rings (SSSR count). The Morgan fingerprint density at radius 1 is 1.44 bits per heavy atom. The summed E-state index contributed by atoms with van der Waals surface area (Å²) in [7, 11) is 3.48. The van der Waals surface area contributed by atoms with E-state index in [2.05, 4.69) is 17.2 Å². The average molecular weight is 221 g/mol. The summed E-state index contributed by atoms with van der Waals surface area (Å²) in [6.45, 7) is 4.85. The number of rotatable bonds is 4. The molecule has 0 aliphatic carbocycles. The minimum absolute atomic E-state index is 0.00737. The number of nitrogens with zero attached hydrogens (tertiary/aromatic N) is 2. The molecule has 0 radical (unpaired) electrons. The number of hydrogen-bond acceptors (Lipinski definition) is 3. The fourth-order valence-electron chi connectivity index (χ4n) is 1.38. The molecule has 0 aliphatic rings. The molecule has 4 nitrogen and oxygen atoms in total. The van der Waals surface area contributed by atoms with E-state index < -0.39 is 0 Å². The van der Waals surface area contributed by atoms with Crippen molar-refractivity contribution in [2.45, 2.75) is 20.3 Å². The van der Waals surface area contributed by atoms with Crippen LogP contribution < -0.4 is 5.32 Å². The second-order valence-electron chi connectivity index (χ2n) is 3.96. The van der Waals surface area contributed by atoms with Crippen LogP contribution in [0.4, 0.5) is 5.82 Å². The molecule has 1 aromatic heterocycles. The maximum absolute atomic E-state index is 11.8. The highest BCUT2D eigenvalue weighted by molar-refractivity contribution is 5.95. The van der Waals surface area contributed by atoms with Gasteiger partial charge in [0.2, 0.25) is 0 Å². The number of pyridine rings is 1. The molecule has 4 heteroatoms. The lowest BCUT2D eigenvalue weighted by molar-refractivity contribution is 0.0826. The molecule has 0 unspecified atom stereocenters. The van der Waals surface area contributed by atoms with Gasteiger partial charge in [0.1, 0.15) is 5.82 Å². The molecule has 0 aliphatic heterocycles. The highest BCUT2D eigenvalue weighted by atomic mass is 16.2. The van der Waals surface area contributed by atoms with Crippen molar-refractivity contribution in [1.29, 1.82) is 0 Å². The predicted octanol–water partition coefficient (Wildman–Crippen LogP) is 1.91. The van der Waals surface area contributed by atoms with Crippen LogP contribution in [-0.2, 0) is 0 Å². The Labute approximate surface area is 96.7 Å². The smallest absolute Gasteiger partial charge is 0.255 e. The number of aromatic nitrogens is 1. The third kappa shape index (κ3) is 2.95. The number of amides is 1. The maximum Gasteiger partial charge on any atom is 0.255 e. The van der Waals surface area contributed by atoms with E-state index in [0.29, 0.717) is 5.56 Å². The van der Waals surface area contributed by atoms with Crippen molar-refractivity contribution < 1.29 is 4.79 Å². The van der Waals surface area contributed by atoms with Crippen molar-refractivity contribution in [2.24, 2.45) is 0 Å². The quantitative estimate of drug-likeness (QED) is 0.844. The van der Waals surface area contributed by atoms with Crippen LogP contribution in [0, 0.1) is 6.92 Å². The van der Waals surface area contributed by atoms with Gasteiger partial charge in [-0.05, 0) is 25.5 Å². The molecule has 1 amide bonds. The van der Waals surface area contributed by atoms with Crippen molar-refractivity contribution >= 4 is 11.7 Å². The average Bonchev–Trinajstić information content (AvgIpc) is 2.25. The first kappa shape index (κ1) is 12.5. The normalized spacial score (nSPS) is 10.0. The van der Waals surface area contributed by atoms with Crippen molar-refractivity contribution in [3.8, 4) is 0 Å². The number of carbonyl (C=O) groups is 1. The van der Waals surface area contributed by atoms with Crippen LogP contribution in [0.1, 0.15) is 29.4 Å². The summed E-state index contributed by atoms with van der Waals surface area (Å²) in [4.78, 5) is 17.7. The van der Waals surface area contributed by atoms with Gasteiger partial charge in [-0.15, -0.1) is 0 Å². The first-order chi connectivity index (χ1) is 7.56. The largest absolute Gasteiger partial charge is 0.370 e. The molecule has 0 saturated carbocycles. The SMILES string of the molecule is CCCNc1ccc(C(=O)N(C)C)c(C)n1. The number of hydrogen-bond donors (Lipinski definition) is 1. The van der Waals surface area contributed by atoms with Crippen molar-refractivity contribution in [2.75, 3.05) is 26.0 Å². The number of anilines is 1. The molecule has 0 aromatic carbocycles. The van der Waals surface area contributed by atoms with Gasteiger partial charge in [0.15, 0.2) is 0 Å². The zero-order valence-corrected chi connectivity index (χ0v) is 10.4. The summed E-state index contributed by atoms with van der Waals surface area (Å²) in [5.74, 6) is 0.821. The summed E-state index contributed by atoms with van der Waals surface area (Å²) in [5.41, 5.74) is 1.42. The second kappa shape index (κ2) is 5.49. The summed E-state index contributed by atoms with van der Waals surface area (Å²) in [6, 6.07) is 3.67. The zero-order chi connectivity index (χ0) is 12.1. The molecule has 0 atom stereocenters. The Bertz CT molecular complexity index is 375. The lowest BCUT2D eigenvalue weighted by Gasteiger charge is -2.13. The van der Waals surface area contributed by atoms with Crippen molar-refractivity contribution in [3.05, 3.63) is 23.4 Å². The van der Waals surface area contributed by atoms with Gasteiger partial charge in [-0.3, -0.25) is 4.79 Å². The topological polar surface area (TPSA) is 45.2 Å². The van der Waals surface area contributed by atoms with Gasteiger partial charge in [-0.1, -0.05) is 6.92 Å². The Balaban J connectivity index is 2.87. The minimum atomic E-state index is -0.00737. The van der Waals surface area contributed by atoms with Gasteiger partial charge >= 0.3 is 0 Å².